The predicted molar refractivity (Wildman–Crippen MR) is 139 cm³/mol. The Labute approximate surface area is 206 Å². The van der Waals surface area contributed by atoms with Gasteiger partial charge in [0.05, 0.1) is 25.3 Å². The third-order valence-corrected chi connectivity index (χ3v) is 6.69. The van der Waals surface area contributed by atoms with Crippen LogP contribution in [-0.4, -0.2) is 66.0 Å². The van der Waals surface area contributed by atoms with Crippen molar-refractivity contribution in [3.63, 3.8) is 0 Å². The summed E-state index contributed by atoms with van der Waals surface area (Å²) in [5.41, 5.74) is 3.33. The lowest BCUT2D eigenvalue weighted by Crippen LogP contribution is -2.40. The number of thiocarbonyl (C=S) groups is 1. The molecule has 0 spiro atoms. The van der Waals surface area contributed by atoms with E-state index in [2.05, 4.69) is 57.2 Å². The quantitative estimate of drug-likeness (QED) is 0.463. The fraction of sp³-hybridized carbons (Fsp3) is 0.400. The summed E-state index contributed by atoms with van der Waals surface area (Å²) in [5.74, 6) is 0.645. The van der Waals surface area contributed by atoms with Crippen LogP contribution in [0.2, 0.25) is 5.02 Å². The average molecular weight is 487 g/mol. The van der Waals surface area contributed by atoms with E-state index in [1.54, 1.807) is 7.11 Å². The van der Waals surface area contributed by atoms with Crippen LogP contribution in [0.4, 0.5) is 5.69 Å². The maximum Gasteiger partial charge on any atom is 0.173 e. The largest absolute Gasteiger partial charge is 0.495 e. The summed E-state index contributed by atoms with van der Waals surface area (Å²) >= 11 is 12.2. The Morgan fingerprint density at radius 3 is 2.76 bits per heavy atom. The van der Waals surface area contributed by atoms with Gasteiger partial charge >= 0.3 is 0 Å². The summed E-state index contributed by atoms with van der Waals surface area (Å²) in [6.07, 6.45) is 3.22. The zero-order valence-corrected chi connectivity index (χ0v) is 20.8. The first kappa shape index (κ1) is 23.8. The third kappa shape index (κ3) is 5.98. The second-order valence-corrected chi connectivity index (χ2v) is 9.08. The molecule has 0 aliphatic carbocycles. The van der Waals surface area contributed by atoms with Crippen LogP contribution in [0.1, 0.15) is 12.0 Å². The molecule has 0 atom stereocenters. The normalized spacial score (nSPS) is 14.4. The molecule has 33 heavy (non-hydrogen) atoms. The van der Waals surface area contributed by atoms with Gasteiger partial charge in [-0.2, -0.15) is 0 Å². The van der Waals surface area contributed by atoms with Gasteiger partial charge in [-0.15, -0.1) is 0 Å². The second-order valence-electron chi connectivity index (χ2n) is 8.29. The van der Waals surface area contributed by atoms with Crippen LogP contribution in [0.5, 0.6) is 5.75 Å². The van der Waals surface area contributed by atoms with Gasteiger partial charge in [0.2, 0.25) is 0 Å². The lowest BCUT2D eigenvalue weighted by molar-refractivity contribution is 0.0368. The Morgan fingerprint density at radius 1 is 1.21 bits per heavy atom. The number of aryl methyl sites for hydroxylation is 1. The van der Waals surface area contributed by atoms with Gasteiger partial charge in [-0.25, -0.2) is 0 Å². The van der Waals surface area contributed by atoms with Crippen molar-refractivity contribution in [3.05, 3.63) is 59.2 Å². The highest BCUT2D eigenvalue weighted by Gasteiger charge is 2.16. The summed E-state index contributed by atoms with van der Waals surface area (Å²) < 4.78 is 12.9. The van der Waals surface area contributed by atoms with Gasteiger partial charge in [-0.3, -0.25) is 4.90 Å². The molecule has 1 fully saturated rings. The standard InChI is InChI=1S/C25H31ClN4O2S/c1-28-17-19(21-6-3-4-7-23(21)28)18-30(11-5-10-29-12-14-32-15-13-29)25(33)27-20-8-9-24(31-2)22(26)16-20/h3-4,6-9,16-17H,5,10-15,18H2,1-2H3,(H,27,33). The van der Waals surface area contributed by atoms with Crippen molar-refractivity contribution in [2.75, 3.05) is 51.8 Å². The molecular formula is C25H31ClN4O2S. The second kappa shape index (κ2) is 11.2. The van der Waals surface area contributed by atoms with Crippen LogP contribution in [0.25, 0.3) is 10.9 Å². The molecule has 8 heteroatoms. The number of ether oxygens (including phenoxy) is 2. The fourth-order valence-electron chi connectivity index (χ4n) is 4.27. The Bertz CT molecular complexity index is 1100. The highest BCUT2D eigenvalue weighted by atomic mass is 35.5. The van der Waals surface area contributed by atoms with E-state index in [0.29, 0.717) is 15.9 Å². The lowest BCUT2D eigenvalue weighted by Gasteiger charge is -2.29. The summed E-state index contributed by atoms with van der Waals surface area (Å²) in [4.78, 5) is 4.70. The van der Waals surface area contributed by atoms with E-state index < -0.39 is 0 Å². The highest BCUT2D eigenvalue weighted by Crippen LogP contribution is 2.28. The molecule has 0 bridgehead atoms. The zero-order chi connectivity index (χ0) is 23.2. The Morgan fingerprint density at radius 2 is 2.00 bits per heavy atom. The van der Waals surface area contributed by atoms with E-state index in [9.17, 15) is 0 Å². The van der Waals surface area contributed by atoms with Crippen molar-refractivity contribution >= 4 is 45.5 Å². The molecule has 4 rings (SSSR count). The van der Waals surface area contributed by atoms with E-state index >= 15 is 0 Å². The number of hydrogen-bond acceptors (Lipinski definition) is 4. The lowest BCUT2D eigenvalue weighted by atomic mass is 10.1. The summed E-state index contributed by atoms with van der Waals surface area (Å²) in [6.45, 7) is 6.26. The average Bonchev–Trinajstić information content (AvgIpc) is 3.14. The number of fused-ring (bicyclic) bond motifs is 1. The predicted octanol–water partition coefficient (Wildman–Crippen LogP) is 4.76. The Hall–Kier alpha value is -2.32. The number of morpholine rings is 1. The van der Waals surface area contributed by atoms with Gasteiger partial charge in [0.15, 0.2) is 5.11 Å². The number of benzene rings is 2. The maximum absolute atomic E-state index is 6.32. The van der Waals surface area contributed by atoms with Gasteiger partial charge in [0.25, 0.3) is 0 Å². The molecule has 1 aliphatic heterocycles. The number of aromatic nitrogens is 1. The van der Waals surface area contributed by atoms with Crippen molar-refractivity contribution < 1.29 is 9.47 Å². The molecular weight excluding hydrogens is 456 g/mol. The molecule has 1 saturated heterocycles. The number of nitrogens with one attached hydrogen (secondary N) is 1. The van der Waals surface area contributed by atoms with E-state index in [1.165, 1.54) is 16.5 Å². The zero-order valence-electron chi connectivity index (χ0n) is 19.2. The highest BCUT2D eigenvalue weighted by molar-refractivity contribution is 7.80. The molecule has 0 radical (unpaired) electrons. The molecule has 1 N–H and O–H groups in total. The van der Waals surface area contributed by atoms with E-state index in [0.717, 1.165) is 58.0 Å². The van der Waals surface area contributed by atoms with Crippen LogP contribution < -0.4 is 10.1 Å². The van der Waals surface area contributed by atoms with Crippen LogP contribution in [-0.2, 0) is 18.3 Å². The number of anilines is 1. The summed E-state index contributed by atoms with van der Waals surface area (Å²) in [5, 5.41) is 5.87. The minimum absolute atomic E-state index is 0.554. The summed E-state index contributed by atoms with van der Waals surface area (Å²) in [6, 6.07) is 14.1. The molecule has 1 aliphatic rings. The fourth-order valence-corrected chi connectivity index (χ4v) is 4.80. The first-order valence-electron chi connectivity index (χ1n) is 11.3. The Balaban J connectivity index is 1.49. The minimum atomic E-state index is 0.554. The first-order valence-corrected chi connectivity index (χ1v) is 12.1. The summed E-state index contributed by atoms with van der Waals surface area (Å²) in [7, 11) is 3.70. The molecule has 1 aromatic heterocycles. The molecule has 3 aromatic rings. The third-order valence-electron chi connectivity index (χ3n) is 6.04. The van der Waals surface area contributed by atoms with E-state index in [4.69, 9.17) is 33.3 Å². The molecule has 0 saturated carbocycles. The smallest absolute Gasteiger partial charge is 0.173 e. The molecule has 2 aromatic carbocycles. The molecule has 176 valence electrons. The number of halogens is 1. The van der Waals surface area contributed by atoms with Crippen molar-refractivity contribution in [1.29, 1.82) is 0 Å². The van der Waals surface area contributed by atoms with Crippen molar-refractivity contribution in [2.24, 2.45) is 7.05 Å². The number of methoxy groups -OCH3 is 1. The van der Waals surface area contributed by atoms with E-state index in [-0.39, 0.29) is 0 Å². The van der Waals surface area contributed by atoms with Crippen LogP contribution in [0.15, 0.2) is 48.7 Å². The first-order chi connectivity index (χ1) is 16.0. The van der Waals surface area contributed by atoms with Gasteiger partial charge in [0.1, 0.15) is 5.75 Å². The SMILES string of the molecule is COc1ccc(NC(=S)N(CCCN2CCOCC2)Cc2cn(C)c3ccccc23)cc1Cl. The monoisotopic (exact) mass is 486 g/mol. The van der Waals surface area contributed by atoms with Crippen molar-refractivity contribution in [2.45, 2.75) is 13.0 Å². The van der Waals surface area contributed by atoms with Gasteiger partial charge < -0.3 is 24.3 Å². The minimum Gasteiger partial charge on any atom is -0.495 e. The topological polar surface area (TPSA) is 41.9 Å². The number of nitrogens with zero attached hydrogens (tertiary/aromatic N) is 3. The number of rotatable bonds is 8. The molecule has 6 nitrogen and oxygen atoms in total. The Kier molecular flexibility index (Phi) is 8.09. The van der Waals surface area contributed by atoms with Crippen LogP contribution in [0, 0.1) is 0 Å². The van der Waals surface area contributed by atoms with Crippen molar-refractivity contribution in [1.82, 2.24) is 14.4 Å². The van der Waals surface area contributed by atoms with Gasteiger partial charge in [-0.1, -0.05) is 29.8 Å². The molecule has 0 amide bonds. The van der Waals surface area contributed by atoms with Gasteiger partial charge in [0, 0.05) is 62.6 Å². The number of para-hydroxylation sites is 1. The van der Waals surface area contributed by atoms with Crippen LogP contribution >= 0.6 is 23.8 Å². The molecule has 2 heterocycles. The van der Waals surface area contributed by atoms with Crippen LogP contribution in [0.3, 0.4) is 0 Å². The van der Waals surface area contributed by atoms with E-state index in [1.807, 2.05) is 18.2 Å². The van der Waals surface area contributed by atoms with Gasteiger partial charge in [-0.05, 0) is 48.5 Å². The maximum atomic E-state index is 6.32. The molecule has 0 unspecified atom stereocenters. The van der Waals surface area contributed by atoms with Crippen molar-refractivity contribution in [3.8, 4) is 5.75 Å². The number of hydrogen-bond donors (Lipinski definition) is 1.